The Bertz CT molecular complexity index is 1390. The Morgan fingerprint density at radius 3 is 1.69 bits per heavy atom. The fraction of sp³-hybridized carbons (Fsp3) is 0.750. The molecule has 22 nitrogen and oxygen atoms in total. The van der Waals surface area contributed by atoms with Gasteiger partial charge in [-0.2, -0.15) is 0 Å². The molecule has 0 saturated carbocycles. The number of aliphatic hydroxyl groups is 1. The molecule has 0 aromatic heterocycles. The van der Waals surface area contributed by atoms with Crippen LogP contribution in [0.15, 0.2) is 4.99 Å². The number of hydrogen-bond donors (Lipinski definition) is 13. The minimum absolute atomic E-state index is 0.0164. The maximum atomic E-state index is 13.9. The first kappa shape index (κ1) is 52.9. The largest absolute Gasteiger partial charge is 0.480 e. The number of carbonyl (C=O) groups excluding carboxylic acids is 7. The first-order valence-corrected chi connectivity index (χ1v) is 19.6. The van der Waals surface area contributed by atoms with Crippen LogP contribution >= 0.6 is 0 Å². The van der Waals surface area contributed by atoms with Crippen molar-refractivity contribution in [3.63, 3.8) is 0 Å². The Labute approximate surface area is 339 Å². The SMILES string of the molecule is CC[C@H](C)[C@H](NC(=O)[C@H](CCCN=C(N)N)NC(=O)[C@H](CCCCN)NC(=O)[C@@H](NC(=O)CN)C(C)C)C(=O)N[C@@H](CO)C(=O)NCC(=O)N[C@@H](CC(C)C)C(=O)O. The normalized spacial score (nSPS) is 14.7. The molecule has 0 aliphatic rings. The summed E-state index contributed by atoms with van der Waals surface area (Å²) in [5, 5.41) is 36.8. The molecule has 0 bridgehead atoms. The summed E-state index contributed by atoms with van der Waals surface area (Å²) in [7, 11) is 0. The summed E-state index contributed by atoms with van der Waals surface area (Å²) in [6.07, 6.45) is 1.78. The molecular weight excluding hydrogens is 760 g/mol. The number of hydrogen-bond acceptors (Lipinski definition) is 12. The van der Waals surface area contributed by atoms with Gasteiger partial charge in [-0.1, -0.05) is 48.0 Å². The molecule has 0 heterocycles. The monoisotopic (exact) mass is 829 g/mol. The molecule has 0 unspecified atom stereocenters. The number of aliphatic hydroxyl groups excluding tert-OH is 1. The second-order valence-corrected chi connectivity index (χ2v) is 14.8. The fourth-order valence-corrected chi connectivity index (χ4v) is 5.48. The number of guanidine groups is 1. The van der Waals surface area contributed by atoms with E-state index in [0.717, 1.165) is 0 Å². The number of amides is 7. The van der Waals surface area contributed by atoms with Crippen molar-refractivity contribution in [2.24, 2.45) is 45.7 Å². The second-order valence-electron chi connectivity index (χ2n) is 14.8. The van der Waals surface area contributed by atoms with Crippen LogP contribution in [0.25, 0.3) is 0 Å². The Hall–Kier alpha value is -5.09. The lowest BCUT2D eigenvalue weighted by Crippen LogP contribution is -2.61. The van der Waals surface area contributed by atoms with Crippen LogP contribution in [0.3, 0.4) is 0 Å². The lowest BCUT2D eigenvalue weighted by Gasteiger charge is -2.29. The Balaban J connectivity index is 6.22. The van der Waals surface area contributed by atoms with Crippen molar-refractivity contribution in [3.8, 4) is 0 Å². The van der Waals surface area contributed by atoms with E-state index in [1.54, 1.807) is 41.5 Å². The highest BCUT2D eigenvalue weighted by Crippen LogP contribution is 2.12. The zero-order chi connectivity index (χ0) is 44.5. The van der Waals surface area contributed by atoms with Crippen molar-refractivity contribution in [1.29, 1.82) is 0 Å². The molecule has 0 aromatic carbocycles. The zero-order valence-corrected chi connectivity index (χ0v) is 34.6. The molecule has 7 atom stereocenters. The van der Waals surface area contributed by atoms with E-state index in [4.69, 9.17) is 22.9 Å². The molecule has 17 N–H and O–H groups in total. The number of carboxylic acid groups (broad SMARTS) is 1. The molecule has 0 radical (unpaired) electrons. The third-order valence-electron chi connectivity index (χ3n) is 8.98. The molecule has 0 rings (SSSR count). The van der Waals surface area contributed by atoms with Crippen LogP contribution in [0.4, 0.5) is 0 Å². The van der Waals surface area contributed by atoms with E-state index in [-0.39, 0.29) is 56.6 Å². The first-order chi connectivity index (χ1) is 27.2. The van der Waals surface area contributed by atoms with E-state index in [0.29, 0.717) is 25.8 Å². The molecule has 0 aromatic rings. The Morgan fingerprint density at radius 2 is 1.19 bits per heavy atom. The average molecular weight is 829 g/mol. The van der Waals surface area contributed by atoms with Gasteiger partial charge in [0.2, 0.25) is 41.4 Å². The van der Waals surface area contributed by atoms with Crippen LogP contribution in [0.2, 0.25) is 0 Å². The van der Waals surface area contributed by atoms with E-state index in [1.807, 2.05) is 0 Å². The van der Waals surface area contributed by atoms with Crippen LogP contribution < -0.4 is 60.2 Å². The van der Waals surface area contributed by atoms with Crippen LogP contribution in [0, 0.1) is 17.8 Å². The number of carbonyl (C=O) groups is 8. The smallest absolute Gasteiger partial charge is 0.326 e. The molecule has 22 heteroatoms. The van der Waals surface area contributed by atoms with E-state index in [9.17, 15) is 48.6 Å². The maximum Gasteiger partial charge on any atom is 0.326 e. The van der Waals surface area contributed by atoms with E-state index < -0.39 is 103 Å². The zero-order valence-electron chi connectivity index (χ0n) is 34.6. The van der Waals surface area contributed by atoms with Crippen molar-refractivity contribution in [2.45, 2.75) is 123 Å². The van der Waals surface area contributed by atoms with Crippen molar-refractivity contribution in [3.05, 3.63) is 0 Å². The fourth-order valence-electron chi connectivity index (χ4n) is 5.48. The summed E-state index contributed by atoms with van der Waals surface area (Å²) >= 11 is 0. The van der Waals surface area contributed by atoms with Crippen LogP contribution in [0.1, 0.15) is 86.5 Å². The van der Waals surface area contributed by atoms with Gasteiger partial charge in [-0.15, -0.1) is 0 Å². The molecular formula is C36H68N12O10. The quantitative estimate of drug-likeness (QED) is 0.0194. The van der Waals surface area contributed by atoms with Crippen molar-refractivity contribution < 1.29 is 48.6 Å². The topological polar surface area (TPSA) is 378 Å². The molecule has 0 aliphatic carbocycles. The average Bonchev–Trinajstić information content (AvgIpc) is 3.16. The van der Waals surface area contributed by atoms with Gasteiger partial charge < -0.3 is 70.4 Å². The van der Waals surface area contributed by atoms with Gasteiger partial charge in [0.1, 0.15) is 36.3 Å². The van der Waals surface area contributed by atoms with Crippen molar-refractivity contribution >= 4 is 53.3 Å². The lowest BCUT2D eigenvalue weighted by atomic mass is 9.97. The van der Waals surface area contributed by atoms with E-state index in [2.05, 4.69) is 42.2 Å². The minimum Gasteiger partial charge on any atom is -0.480 e. The van der Waals surface area contributed by atoms with Gasteiger partial charge in [0.25, 0.3) is 0 Å². The molecule has 7 amide bonds. The molecule has 332 valence electrons. The van der Waals surface area contributed by atoms with Crippen LogP contribution in [-0.4, -0.2) is 133 Å². The van der Waals surface area contributed by atoms with Gasteiger partial charge in [-0.25, -0.2) is 4.79 Å². The third kappa shape index (κ3) is 20.9. The molecule has 0 spiro atoms. The number of carboxylic acids is 1. The lowest BCUT2D eigenvalue weighted by molar-refractivity contribution is -0.142. The summed E-state index contributed by atoms with van der Waals surface area (Å²) in [6, 6.07) is -7.50. The second kappa shape index (κ2) is 28.3. The Morgan fingerprint density at radius 1 is 0.638 bits per heavy atom. The summed E-state index contributed by atoms with van der Waals surface area (Å²) in [6.45, 7) is 8.88. The molecule has 0 saturated heterocycles. The minimum atomic E-state index is -1.56. The van der Waals surface area contributed by atoms with Gasteiger partial charge in [0, 0.05) is 6.54 Å². The van der Waals surface area contributed by atoms with E-state index in [1.165, 1.54) is 0 Å². The highest BCUT2D eigenvalue weighted by atomic mass is 16.4. The number of unbranched alkanes of at least 4 members (excludes halogenated alkanes) is 1. The van der Waals surface area contributed by atoms with Crippen LogP contribution in [0.5, 0.6) is 0 Å². The van der Waals surface area contributed by atoms with Crippen molar-refractivity contribution in [1.82, 2.24) is 37.2 Å². The number of aliphatic carboxylic acids is 1. The summed E-state index contributed by atoms with van der Waals surface area (Å²) < 4.78 is 0. The molecule has 0 aliphatic heterocycles. The summed E-state index contributed by atoms with van der Waals surface area (Å²) in [5.74, 6) is -7.76. The highest BCUT2D eigenvalue weighted by molar-refractivity contribution is 5.97. The van der Waals surface area contributed by atoms with Gasteiger partial charge >= 0.3 is 5.97 Å². The number of nitrogens with one attached hydrogen (secondary N) is 7. The Kier molecular flexibility index (Phi) is 25.8. The highest BCUT2D eigenvalue weighted by Gasteiger charge is 2.34. The molecule has 58 heavy (non-hydrogen) atoms. The van der Waals surface area contributed by atoms with Crippen LogP contribution in [-0.2, 0) is 38.4 Å². The predicted molar refractivity (Wildman–Crippen MR) is 215 cm³/mol. The first-order valence-electron chi connectivity index (χ1n) is 19.6. The van der Waals surface area contributed by atoms with E-state index >= 15 is 0 Å². The van der Waals surface area contributed by atoms with Gasteiger partial charge in [-0.3, -0.25) is 38.6 Å². The number of nitrogens with two attached hydrogens (primary N) is 4. The third-order valence-corrected chi connectivity index (χ3v) is 8.98. The standard InChI is InChI=1S/C36H68N12O10/c1-7-21(6)29(34(56)46-25(18-49)30(52)42-17-27(51)43-24(35(57)58)15-19(2)3)48-32(54)23(12-10-14-41-36(39)40)44-31(53)22(11-8-9-13-37)45-33(55)28(20(4)5)47-26(50)16-38/h19-25,28-29,49H,7-18,37-38H2,1-6H3,(H,42,52)(H,43,51)(H,44,53)(H,45,55)(H,46,56)(H,47,50)(H,48,54)(H,57,58)(H4,39,40,41)/t21-,22-,23-,24-,25-,28-,29-/m0/s1. The summed E-state index contributed by atoms with van der Waals surface area (Å²) in [4.78, 5) is 107. The number of rotatable bonds is 29. The van der Waals surface area contributed by atoms with Crippen molar-refractivity contribution in [2.75, 3.05) is 32.8 Å². The van der Waals surface area contributed by atoms with Gasteiger partial charge in [0.15, 0.2) is 5.96 Å². The predicted octanol–water partition coefficient (Wildman–Crippen LogP) is -4.02. The molecule has 0 fully saturated rings. The van der Waals surface area contributed by atoms with Gasteiger partial charge in [0.05, 0.1) is 19.7 Å². The maximum absolute atomic E-state index is 13.9. The number of nitrogens with zero attached hydrogens (tertiary/aromatic N) is 1. The number of aliphatic imine (C=N–C) groups is 1. The summed E-state index contributed by atoms with van der Waals surface area (Å²) in [5.41, 5.74) is 22.0. The van der Waals surface area contributed by atoms with Gasteiger partial charge in [-0.05, 0) is 62.8 Å².